The van der Waals surface area contributed by atoms with Gasteiger partial charge in [0.1, 0.15) is 0 Å². The van der Waals surface area contributed by atoms with Crippen molar-refractivity contribution in [2.45, 2.75) is 57.9 Å². The Hall–Kier alpha value is -2.49. The van der Waals surface area contributed by atoms with Gasteiger partial charge in [-0.1, -0.05) is 6.92 Å². The van der Waals surface area contributed by atoms with Gasteiger partial charge in [-0.05, 0) is 25.8 Å². The highest BCUT2D eigenvalue weighted by atomic mass is 16.8. The molecular weight excluding hydrogens is 376 g/mol. The smallest absolute Gasteiger partial charge is 0.334 e. The van der Waals surface area contributed by atoms with Gasteiger partial charge in [0.25, 0.3) is 11.8 Å². The Bertz CT molecular complexity index is 607. The van der Waals surface area contributed by atoms with Crippen molar-refractivity contribution in [1.82, 2.24) is 20.6 Å². The van der Waals surface area contributed by atoms with Crippen molar-refractivity contribution in [2.24, 2.45) is 0 Å². The van der Waals surface area contributed by atoms with Crippen molar-refractivity contribution in [3.63, 3.8) is 0 Å². The molecule has 2 N–H and O–H groups in total. The van der Waals surface area contributed by atoms with Crippen LogP contribution >= 0.6 is 0 Å². The highest BCUT2D eigenvalue weighted by Gasteiger charge is 2.32. The minimum Gasteiger partial charge on any atom is -0.355 e. The molecule has 10 nitrogen and oxygen atoms in total. The summed E-state index contributed by atoms with van der Waals surface area (Å²) in [5.41, 5.74) is 0. The number of amides is 4. The number of likely N-dealkylation sites (tertiary alicyclic amines) is 1. The predicted molar refractivity (Wildman–Crippen MR) is 97.3 cm³/mol. The Morgan fingerprint density at radius 1 is 1.04 bits per heavy atom. The Morgan fingerprint density at radius 3 is 2.36 bits per heavy atom. The zero-order valence-corrected chi connectivity index (χ0v) is 16.2. The van der Waals surface area contributed by atoms with Crippen molar-refractivity contribution in [3.8, 4) is 0 Å². The van der Waals surface area contributed by atoms with Gasteiger partial charge in [-0.15, -0.1) is 5.06 Å². The lowest BCUT2D eigenvalue weighted by Gasteiger charge is -2.22. The third-order valence-electron chi connectivity index (χ3n) is 4.84. The van der Waals surface area contributed by atoms with Gasteiger partial charge in [0.05, 0.1) is 13.0 Å². The summed E-state index contributed by atoms with van der Waals surface area (Å²) in [6.07, 6.45) is 3.25. The lowest BCUT2D eigenvalue weighted by Crippen LogP contribution is -2.40. The maximum atomic E-state index is 12.0. The van der Waals surface area contributed by atoms with E-state index in [1.165, 1.54) is 0 Å². The molecule has 0 aromatic rings. The highest BCUT2D eigenvalue weighted by molar-refractivity contribution is 6.01. The van der Waals surface area contributed by atoms with Crippen LogP contribution in [0.3, 0.4) is 0 Å². The first kappa shape index (κ1) is 21.8. The number of hydrogen-bond donors (Lipinski definition) is 2. The summed E-state index contributed by atoms with van der Waals surface area (Å²) in [4.78, 5) is 64.9. The van der Waals surface area contributed by atoms with Crippen LogP contribution in [0.4, 0.5) is 0 Å². The summed E-state index contributed by atoms with van der Waals surface area (Å²) < 4.78 is 0. The highest BCUT2D eigenvalue weighted by Crippen LogP contribution is 2.18. The third-order valence-corrected chi connectivity index (χ3v) is 4.84. The molecule has 2 heterocycles. The van der Waals surface area contributed by atoms with Crippen LogP contribution in [-0.4, -0.2) is 71.8 Å². The number of nitrogens with zero attached hydrogens (tertiary/aromatic N) is 2. The topological polar surface area (TPSA) is 125 Å². The number of hydroxylamine groups is 2. The van der Waals surface area contributed by atoms with Gasteiger partial charge in [0.2, 0.25) is 11.8 Å². The molecule has 0 aromatic heterocycles. The van der Waals surface area contributed by atoms with E-state index in [0.29, 0.717) is 17.6 Å². The largest absolute Gasteiger partial charge is 0.355 e. The van der Waals surface area contributed by atoms with Crippen molar-refractivity contribution in [1.29, 1.82) is 0 Å². The zero-order chi connectivity index (χ0) is 20.5. The second kappa shape index (κ2) is 10.7. The summed E-state index contributed by atoms with van der Waals surface area (Å²) in [6, 6.07) is 0.458. The predicted octanol–water partition coefficient (Wildman–Crippen LogP) is -0.519. The molecule has 2 saturated heterocycles. The van der Waals surface area contributed by atoms with Crippen LogP contribution in [-0.2, 0) is 28.8 Å². The van der Waals surface area contributed by atoms with Gasteiger partial charge < -0.3 is 15.5 Å². The molecule has 0 spiro atoms. The van der Waals surface area contributed by atoms with E-state index in [1.807, 2.05) is 0 Å². The first-order chi connectivity index (χ1) is 13.4. The number of carbonyl (C=O) groups is 5. The Kier molecular flexibility index (Phi) is 8.37. The van der Waals surface area contributed by atoms with Crippen molar-refractivity contribution >= 4 is 29.6 Å². The molecule has 1 unspecified atom stereocenters. The van der Waals surface area contributed by atoms with Gasteiger partial charge in [-0.2, -0.15) is 0 Å². The number of hydrogen-bond acceptors (Lipinski definition) is 7. The van der Waals surface area contributed by atoms with Crippen LogP contribution in [0.1, 0.15) is 51.9 Å². The van der Waals surface area contributed by atoms with Crippen molar-refractivity contribution in [2.75, 3.05) is 26.2 Å². The molecule has 0 aliphatic carbocycles. The van der Waals surface area contributed by atoms with Crippen LogP contribution in [0.5, 0.6) is 0 Å². The van der Waals surface area contributed by atoms with Gasteiger partial charge in [-0.25, -0.2) is 4.79 Å². The first-order valence-electron chi connectivity index (χ1n) is 9.74. The lowest BCUT2D eigenvalue weighted by atomic mass is 10.4. The quantitative estimate of drug-likeness (QED) is 0.285. The van der Waals surface area contributed by atoms with E-state index in [1.54, 1.807) is 0 Å². The molecule has 2 fully saturated rings. The molecule has 0 saturated carbocycles. The monoisotopic (exact) mass is 404 g/mol. The minimum absolute atomic E-state index is 0.0216. The van der Waals surface area contributed by atoms with Crippen molar-refractivity contribution in [3.05, 3.63) is 0 Å². The van der Waals surface area contributed by atoms with E-state index in [4.69, 9.17) is 4.84 Å². The fraction of sp³-hybridized carbons (Fsp3) is 0.722. The molecule has 1 atom stereocenters. The lowest BCUT2D eigenvalue weighted by molar-refractivity contribution is -0.197. The number of imide groups is 1. The third kappa shape index (κ3) is 6.59. The van der Waals surface area contributed by atoms with Crippen molar-refractivity contribution < 1.29 is 28.8 Å². The van der Waals surface area contributed by atoms with Crippen LogP contribution in [0.15, 0.2) is 0 Å². The number of nitrogens with one attached hydrogen (secondary N) is 2. The van der Waals surface area contributed by atoms with Crippen LogP contribution in [0, 0.1) is 0 Å². The second-order valence-corrected chi connectivity index (χ2v) is 6.92. The molecule has 0 bridgehead atoms. The van der Waals surface area contributed by atoms with Crippen LogP contribution in [0.2, 0.25) is 0 Å². The van der Waals surface area contributed by atoms with E-state index in [2.05, 4.69) is 22.5 Å². The number of rotatable bonds is 10. The van der Waals surface area contributed by atoms with Gasteiger partial charge in [0.15, 0.2) is 0 Å². The SMILES string of the molecule is C[13CH2][13CH]1[13CH2][13CH2][13CH2][15N]1C[13C](=O)NCCC(=O)NCC[13C](=O)ON1C(=O)CCC1=O. The van der Waals surface area contributed by atoms with Crippen LogP contribution in [0.25, 0.3) is 0 Å². The van der Waals surface area contributed by atoms with Gasteiger partial charge >= 0.3 is 5.97 Å². The minimum atomic E-state index is -0.770. The zero-order valence-electron chi connectivity index (χ0n) is 16.2. The molecule has 0 radical (unpaired) electrons. The molecule has 28 heavy (non-hydrogen) atoms. The molecule has 10 heteroatoms. The Morgan fingerprint density at radius 2 is 1.68 bits per heavy atom. The summed E-state index contributed by atoms with van der Waals surface area (Å²) in [5.74, 6) is -2.27. The normalized spacial score (nSPS) is 19.8. The molecule has 2 rings (SSSR count). The average molecular weight is 404 g/mol. The standard InChI is InChI=1S/C18H28N4O6/c1-2-13-4-3-11-21(13)12-15(24)20-9-7-14(23)19-10-8-18(27)28-22-16(25)5-6-17(22)26/h13H,2-12H2,1H3,(H,19,23)(H,20,24)/i2+1,3+1,4+1,11+1,13+1,15+1,18+1,21+1. The molecule has 156 valence electrons. The summed E-state index contributed by atoms with van der Waals surface area (Å²) in [6.45, 7) is 3.63. The summed E-state index contributed by atoms with van der Waals surface area (Å²) >= 11 is 0. The summed E-state index contributed by atoms with van der Waals surface area (Å²) in [7, 11) is 0. The molecular formula is C18H28N4O6. The van der Waals surface area contributed by atoms with E-state index < -0.39 is 17.8 Å². The van der Waals surface area contributed by atoms with Gasteiger partial charge in [0, 0.05) is 38.4 Å². The summed E-state index contributed by atoms with van der Waals surface area (Å²) in [5, 5.41) is 5.74. The Labute approximate surface area is 163 Å². The molecule has 4 amide bonds. The second-order valence-electron chi connectivity index (χ2n) is 6.92. The number of carbonyl (C=O) groups excluding carboxylic acids is 5. The molecule has 2 aliphatic heterocycles. The Balaban J connectivity index is 1.54. The van der Waals surface area contributed by atoms with Crippen LogP contribution < -0.4 is 10.6 Å². The van der Waals surface area contributed by atoms with E-state index >= 15 is 0 Å². The molecule has 2 aliphatic rings. The first-order valence-corrected chi connectivity index (χ1v) is 9.74. The maximum Gasteiger partial charge on any atom is 0.334 e. The average Bonchev–Trinajstić information content (AvgIpc) is 3.22. The fourth-order valence-corrected chi connectivity index (χ4v) is 3.32. The van der Waals surface area contributed by atoms with Gasteiger partial charge in [-0.3, -0.25) is 24.1 Å². The van der Waals surface area contributed by atoms with E-state index in [9.17, 15) is 24.0 Å². The molecule has 0 aromatic carbocycles. The fourth-order valence-electron chi connectivity index (χ4n) is 3.32. The maximum absolute atomic E-state index is 12.0. The van der Waals surface area contributed by atoms with E-state index in [-0.39, 0.29) is 50.6 Å². The van der Waals surface area contributed by atoms with E-state index in [0.717, 1.165) is 25.8 Å².